The van der Waals surface area contributed by atoms with Crippen molar-refractivity contribution in [2.45, 2.75) is 17.6 Å². The van der Waals surface area contributed by atoms with E-state index in [1.807, 2.05) is 38.2 Å². The smallest absolute Gasteiger partial charge is 0.251 e. The number of nitrogens with zero attached hydrogens (tertiary/aromatic N) is 1. The van der Waals surface area contributed by atoms with Crippen molar-refractivity contribution in [1.29, 1.82) is 0 Å². The first-order valence-electron chi connectivity index (χ1n) is 6.75. The molecule has 1 amide bonds. The molecule has 1 aromatic heterocycles. The number of amides is 1. The molecule has 0 spiro atoms. The van der Waals surface area contributed by atoms with Crippen LogP contribution in [0.3, 0.4) is 0 Å². The topological polar surface area (TPSA) is 54.0 Å². The molecule has 2 N–H and O–H groups in total. The van der Waals surface area contributed by atoms with Crippen LogP contribution in [0.5, 0.6) is 0 Å². The lowest BCUT2D eigenvalue weighted by atomic mass is 10.2. The van der Waals surface area contributed by atoms with E-state index in [-0.39, 0.29) is 30.7 Å². The van der Waals surface area contributed by atoms with Gasteiger partial charge < -0.3 is 10.6 Å². The number of aryl methyl sites for hydroxylation is 1. The SMILES string of the molecule is CNCCNC(=O)c1ccc(SCc2csc(C)n2)cc1.Cl.Cl. The molecule has 0 fully saturated rings. The van der Waals surface area contributed by atoms with Crippen LogP contribution in [0.25, 0.3) is 0 Å². The second kappa shape index (κ2) is 11.7. The van der Waals surface area contributed by atoms with Gasteiger partial charge in [0.15, 0.2) is 0 Å². The highest BCUT2D eigenvalue weighted by Crippen LogP contribution is 2.23. The number of thioether (sulfide) groups is 1. The summed E-state index contributed by atoms with van der Waals surface area (Å²) < 4.78 is 0. The molecule has 0 bridgehead atoms. The number of carbonyl (C=O) groups is 1. The zero-order valence-corrected chi connectivity index (χ0v) is 16.3. The summed E-state index contributed by atoms with van der Waals surface area (Å²) in [6, 6.07) is 7.69. The molecule has 0 aliphatic heterocycles. The number of thiazole rings is 1. The number of rotatable bonds is 7. The molecule has 0 aliphatic carbocycles. The van der Waals surface area contributed by atoms with Gasteiger partial charge in [-0.3, -0.25) is 4.79 Å². The van der Waals surface area contributed by atoms with Gasteiger partial charge in [-0.15, -0.1) is 47.9 Å². The lowest BCUT2D eigenvalue weighted by molar-refractivity contribution is 0.0954. The predicted octanol–water partition coefficient (Wildman–Crippen LogP) is 3.54. The van der Waals surface area contributed by atoms with E-state index in [0.29, 0.717) is 12.1 Å². The Labute approximate surface area is 157 Å². The van der Waals surface area contributed by atoms with Crippen molar-refractivity contribution < 1.29 is 4.79 Å². The van der Waals surface area contributed by atoms with Gasteiger partial charge >= 0.3 is 0 Å². The Balaban J connectivity index is 0.00000242. The number of aromatic nitrogens is 1. The molecule has 0 unspecified atom stereocenters. The number of carbonyl (C=O) groups excluding carboxylic acids is 1. The Hall–Kier alpha value is -0.790. The first kappa shape index (κ1) is 22.2. The van der Waals surface area contributed by atoms with E-state index in [1.54, 1.807) is 23.1 Å². The van der Waals surface area contributed by atoms with Gasteiger partial charge in [0.25, 0.3) is 5.91 Å². The highest BCUT2D eigenvalue weighted by atomic mass is 35.5. The maximum Gasteiger partial charge on any atom is 0.251 e. The molecule has 2 aromatic rings. The van der Waals surface area contributed by atoms with E-state index in [9.17, 15) is 4.79 Å². The number of benzene rings is 1. The van der Waals surface area contributed by atoms with E-state index in [0.717, 1.165) is 27.9 Å². The lowest BCUT2D eigenvalue weighted by Gasteiger charge is -2.05. The van der Waals surface area contributed by atoms with Crippen LogP contribution in [-0.4, -0.2) is 31.0 Å². The minimum Gasteiger partial charge on any atom is -0.351 e. The molecule has 2 rings (SSSR count). The summed E-state index contributed by atoms with van der Waals surface area (Å²) in [5.74, 6) is 0.829. The normalized spacial score (nSPS) is 9.65. The zero-order chi connectivity index (χ0) is 15.1. The Bertz CT molecular complexity index is 591. The maximum absolute atomic E-state index is 11.9. The first-order chi connectivity index (χ1) is 10.2. The van der Waals surface area contributed by atoms with Crippen LogP contribution in [0.1, 0.15) is 21.1 Å². The molecule has 0 atom stereocenters. The standard InChI is InChI=1S/C15H19N3OS2.2ClH/c1-11-18-13(9-20-11)10-21-14-5-3-12(4-6-14)15(19)17-8-7-16-2;;/h3-6,9,16H,7-8,10H2,1-2H3,(H,17,19);2*1H. The van der Waals surface area contributed by atoms with E-state index >= 15 is 0 Å². The van der Waals surface area contributed by atoms with Crippen molar-refractivity contribution in [3.63, 3.8) is 0 Å². The van der Waals surface area contributed by atoms with Crippen LogP contribution in [0, 0.1) is 6.92 Å². The maximum atomic E-state index is 11.9. The molecule has 0 saturated heterocycles. The van der Waals surface area contributed by atoms with Crippen LogP contribution in [0.4, 0.5) is 0 Å². The predicted molar refractivity (Wildman–Crippen MR) is 104 cm³/mol. The summed E-state index contributed by atoms with van der Waals surface area (Å²) in [5, 5.41) is 9.04. The first-order valence-corrected chi connectivity index (χ1v) is 8.62. The second-order valence-corrected chi connectivity index (χ2v) is 6.64. The molecule has 128 valence electrons. The van der Waals surface area contributed by atoms with Crippen molar-refractivity contribution in [1.82, 2.24) is 15.6 Å². The van der Waals surface area contributed by atoms with Crippen molar-refractivity contribution in [3.8, 4) is 0 Å². The minimum absolute atomic E-state index is 0. The minimum atomic E-state index is -0.0306. The van der Waals surface area contributed by atoms with Crippen molar-refractivity contribution in [2.24, 2.45) is 0 Å². The molecule has 23 heavy (non-hydrogen) atoms. The molecular formula is C15H21Cl2N3OS2. The fourth-order valence-corrected chi connectivity index (χ4v) is 3.25. The quantitative estimate of drug-likeness (QED) is 0.557. The van der Waals surface area contributed by atoms with Gasteiger partial charge in [0, 0.05) is 34.7 Å². The highest BCUT2D eigenvalue weighted by Gasteiger charge is 2.05. The molecule has 0 radical (unpaired) electrons. The number of likely N-dealkylation sites (N-methyl/N-ethyl adjacent to an activating group) is 1. The van der Waals surface area contributed by atoms with Gasteiger partial charge in [-0.1, -0.05) is 0 Å². The molecule has 1 aromatic carbocycles. The van der Waals surface area contributed by atoms with Gasteiger partial charge in [-0.2, -0.15) is 0 Å². The summed E-state index contributed by atoms with van der Waals surface area (Å²) >= 11 is 3.40. The largest absolute Gasteiger partial charge is 0.351 e. The summed E-state index contributed by atoms with van der Waals surface area (Å²) in [4.78, 5) is 17.4. The fraction of sp³-hybridized carbons (Fsp3) is 0.333. The third-order valence-electron chi connectivity index (χ3n) is 2.83. The Morgan fingerprint density at radius 3 is 2.48 bits per heavy atom. The Morgan fingerprint density at radius 2 is 1.91 bits per heavy atom. The van der Waals surface area contributed by atoms with Crippen LogP contribution in [-0.2, 0) is 5.75 Å². The number of hydrogen-bond donors (Lipinski definition) is 2. The average Bonchev–Trinajstić information content (AvgIpc) is 2.91. The summed E-state index contributed by atoms with van der Waals surface area (Å²) in [7, 11) is 1.86. The Morgan fingerprint density at radius 1 is 1.22 bits per heavy atom. The van der Waals surface area contributed by atoms with Gasteiger partial charge in [0.1, 0.15) is 0 Å². The van der Waals surface area contributed by atoms with E-state index in [4.69, 9.17) is 0 Å². The van der Waals surface area contributed by atoms with Crippen molar-refractivity contribution in [2.75, 3.05) is 20.1 Å². The average molecular weight is 394 g/mol. The molecule has 0 aliphatic rings. The summed E-state index contributed by atoms with van der Waals surface area (Å²) in [5.41, 5.74) is 1.80. The summed E-state index contributed by atoms with van der Waals surface area (Å²) in [6.45, 7) is 3.42. The van der Waals surface area contributed by atoms with Crippen LogP contribution in [0.2, 0.25) is 0 Å². The monoisotopic (exact) mass is 393 g/mol. The number of nitrogens with one attached hydrogen (secondary N) is 2. The summed E-state index contributed by atoms with van der Waals surface area (Å²) in [6.07, 6.45) is 0. The number of hydrogen-bond acceptors (Lipinski definition) is 5. The van der Waals surface area contributed by atoms with Gasteiger partial charge in [0.2, 0.25) is 0 Å². The molecular weight excluding hydrogens is 373 g/mol. The fourth-order valence-electron chi connectivity index (χ4n) is 1.74. The van der Waals surface area contributed by atoms with Gasteiger partial charge in [-0.25, -0.2) is 4.98 Å². The van der Waals surface area contributed by atoms with E-state index < -0.39 is 0 Å². The Kier molecular flexibility index (Phi) is 11.3. The number of halogens is 2. The molecule has 8 heteroatoms. The zero-order valence-electron chi connectivity index (χ0n) is 13.0. The highest BCUT2D eigenvalue weighted by molar-refractivity contribution is 7.98. The van der Waals surface area contributed by atoms with Crippen molar-refractivity contribution >= 4 is 53.8 Å². The van der Waals surface area contributed by atoms with Crippen LogP contribution >= 0.6 is 47.9 Å². The molecule has 0 saturated carbocycles. The lowest BCUT2D eigenvalue weighted by Crippen LogP contribution is -2.30. The van der Waals surface area contributed by atoms with Gasteiger partial charge in [-0.05, 0) is 38.2 Å². The molecule has 1 heterocycles. The van der Waals surface area contributed by atoms with Crippen molar-refractivity contribution in [3.05, 3.63) is 45.9 Å². The molecule has 4 nitrogen and oxygen atoms in total. The van der Waals surface area contributed by atoms with Crippen LogP contribution < -0.4 is 10.6 Å². The van der Waals surface area contributed by atoms with Gasteiger partial charge in [0.05, 0.1) is 10.7 Å². The third-order valence-corrected chi connectivity index (χ3v) is 4.70. The van der Waals surface area contributed by atoms with Crippen LogP contribution in [0.15, 0.2) is 34.5 Å². The second-order valence-electron chi connectivity index (χ2n) is 4.53. The van der Waals surface area contributed by atoms with E-state index in [1.165, 1.54) is 0 Å². The van der Waals surface area contributed by atoms with E-state index in [2.05, 4.69) is 21.0 Å². The third kappa shape index (κ3) is 7.54.